The minimum atomic E-state index is 0.573. The zero-order valence-corrected chi connectivity index (χ0v) is 27.6. The van der Waals surface area contributed by atoms with E-state index in [9.17, 15) is 0 Å². The first-order chi connectivity index (χ1) is 24.7. The molecule has 0 saturated heterocycles. The second-order valence-corrected chi connectivity index (χ2v) is 13.5. The second-order valence-electron chi connectivity index (χ2n) is 12.4. The van der Waals surface area contributed by atoms with Crippen LogP contribution in [0.15, 0.2) is 168 Å². The van der Waals surface area contributed by atoms with Crippen molar-refractivity contribution in [3.05, 3.63) is 164 Å². The van der Waals surface area contributed by atoms with Crippen molar-refractivity contribution in [3.8, 4) is 56.4 Å². The molecule has 0 radical (unpaired) electrons. The van der Waals surface area contributed by atoms with Crippen LogP contribution in [-0.2, 0) is 0 Å². The summed E-state index contributed by atoms with van der Waals surface area (Å²) in [4.78, 5) is 15.4. The zero-order valence-electron chi connectivity index (χ0n) is 26.7. The van der Waals surface area contributed by atoms with E-state index >= 15 is 0 Å². The van der Waals surface area contributed by atoms with Crippen LogP contribution in [0.1, 0.15) is 0 Å². The molecule has 10 aromatic rings. The summed E-state index contributed by atoms with van der Waals surface area (Å²) >= 11 is 1.79. The van der Waals surface area contributed by atoms with E-state index in [2.05, 4.69) is 127 Å². The SMILES string of the molecule is c1ccc(-c2ccc(-c3cccc(-c4nc(-c5ccc6c(c5)sc5ccccc56)nc(-c5cccc6c5oc5ccccc56)n4)c3)cc2)cc1. The van der Waals surface area contributed by atoms with Gasteiger partial charge in [0.25, 0.3) is 0 Å². The van der Waals surface area contributed by atoms with E-state index in [-0.39, 0.29) is 0 Å². The lowest BCUT2D eigenvalue weighted by Crippen LogP contribution is -2.00. The first-order valence-corrected chi connectivity index (χ1v) is 17.4. The molecule has 0 atom stereocenters. The predicted molar refractivity (Wildman–Crippen MR) is 207 cm³/mol. The molecule has 0 bridgehead atoms. The molecule has 3 aromatic heterocycles. The molecule has 3 heterocycles. The Kier molecular flexibility index (Phi) is 6.64. The van der Waals surface area contributed by atoms with Crippen molar-refractivity contribution in [1.29, 1.82) is 0 Å². The number of thiophene rings is 1. The Hall–Kier alpha value is -6.43. The lowest BCUT2D eigenvalue weighted by Gasteiger charge is -2.10. The average Bonchev–Trinajstić information content (AvgIpc) is 3.76. The summed E-state index contributed by atoms with van der Waals surface area (Å²) in [5.41, 5.74) is 8.91. The van der Waals surface area contributed by atoms with Crippen molar-refractivity contribution in [3.63, 3.8) is 0 Å². The quantitative estimate of drug-likeness (QED) is 0.185. The largest absolute Gasteiger partial charge is 0.455 e. The molecule has 0 fully saturated rings. The lowest BCUT2D eigenvalue weighted by molar-refractivity contribution is 0.669. The van der Waals surface area contributed by atoms with Gasteiger partial charge in [-0.2, -0.15) is 0 Å². The molecule has 0 aliphatic carbocycles. The van der Waals surface area contributed by atoms with Gasteiger partial charge in [0.1, 0.15) is 11.2 Å². The van der Waals surface area contributed by atoms with Crippen LogP contribution in [0.5, 0.6) is 0 Å². The third-order valence-corrected chi connectivity index (χ3v) is 10.5. The summed E-state index contributed by atoms with van der Waals surface area (Å²) < 4.78 is 8.91. The van der Waals surface area contributed by atoms with Gasteiger partial charge in [-0.3, -0.25) is 0 Å². The van der Waals surface area contributed by atoms with Crippen molar-refractivity contribution in [1.82, 2.24) is 15.0 Å². The van der Waals surface area contributed by atoms with Gasteiger partial charge < -0.3 is 4.42 Å². The van der Waals surface area contributed by atoms with Crippen LogP contribution in [0.25, 0.3) is 98.5 Å². The van der Waals surface area contributed by atoms with Crippen LogP contribution in [0, 0.1) is 0 Å². The molecule has 0 aliphatic rings. The highest BCUT2D eigenvalue weighted by atomic mass is 32.1. The van der Waals surface area contributed by atoms with Crippen molar-refractivity contribution in [2.45, 2.75) is 0 Å². The Balaban J connectivity index is 1.13. The first-order valence-electron chi connectivity index (χ1n) is 16.6. The van der Waals surface area contributed by atoms with Gasteiger partial charge in [0.2, 0.25) is 0 Å². The molecule has 0 N–H and O–H groups in total. The van der Waals surface area contributed by atoms with E-state index in [0.717, 1.165) is 49.8 Å². The van der Waals surface area contributed by atoms with Crippen LogP contribution in [-0.4, -0.2) is 15.0 Å². The molecule has 50 heavy (non-hydrogen) atoms. The zero-order chi connectivity index (χ0) is 33.0. The van der Waals surface area contributed by atoms with Crippen molar-refractivity contribution in [2.24, 2.45) is 0 Å². The summed E-state index contributed by atoms with van der Waals surface area (Å²) in [5.74, 6) is 1.80. The monoisotopic (exact) mass is 657 g/mol. The van der Waals surface area contributed by atoms with Crippen LogP contribution in [0.4, 0.5) is 0 Å². The number of hydrogen-bond donors (Lipinski definition) is 0. The molecular formula is C45H27N3OS. The summed E-state index contributed by atoms with van der Waals surface area (Å²) in [6.45, 7) is 0. The third-order valence-electron chi connectivity index (χ3n) is 9.36. The third kappa shape index (κ3) is 4.87. The molecule has 10 rings (SSSR count). The molecule has 4 nitrogen and oxygen atoms in total. The number of furan rings is 1. The maximum atomic E-state index is 6.44. The molecule has 0 unspecified atom stereocenters. The maximum Gasteiger partial charge on any atom is 0.167 e. The fraction of sp³-hybridized carbons (Fsp3) is 0. The molecule has 234 valence electrons. The number of nitrogens with zero attached hydrogens (tertiary/aromatic N) is 3. The molecule has 5 heteroatoms. The standard InChI is InChI=1S/C45H27N3OS/c1-2-10-28(11-3-1)29-20-22-30(23-21-29)31-12-8-13-32(26-31)43-46-44(33-24-25-36-35-15-5-7-19-40(35)50-41(36)27-33)48-45(47-43)38-17-9-16-37-34-14-4-6-18-39(34)49-42(37)38/h1-27H. The summed E-state index contributed by atoms with van der Waals surface area (Å²) in [6, 6.07) is 56.9. The van der Waals surface area contributed by atoms with E-state index in [1.165, 1.54) is 31.3 Å². The fourth-order valence-electron chi connectivity index (χ4n) is 6.87. The Morgan fingerprint density at radius 2 is 0.920 bits per heavy atom. The minimum absolute atomic E-state index is 0.573. The minimum Gasteiger partial charge on any atom is -0.455 e. The van der Waals surface area contributed by atoms with E-state index in [1.54, 1.807) is 11.3 Å². The Labute approximate surface area is 292 Å². The van der Waals surface area contributed by atoms with Gasteiger partial charge in [-0.05, 0) is 52.6 Å². The number of hydrogen-bond acceptors (Lipinski definition) is 5. The number of para-hydroxylation sites is 2. The molecular weight excluding hydrogens is 631 g/mol. The highest BCUT2D eigenvalue weighted by molar-refractivity contribution is 7.25. The Morgan fingerprint density at radius 1 is 0.360 bits per heavy atom. The topological polar surface area (TPSA) is 51.8 Å². The molecule has 0 saturated carbocycles. The summed E-state index contributed by atoms with van der Waals surface area (Å²) in [6.07, 6.45) is 0. The van der Waals surface area contributed by atoms with Gasteiger partial charge in [0.05, 0.1) is 5.56 Å². The number of benzene rings is 7. The number of rotatable bonds is 5. The van der Waals surface area contributed by atoms with Crippen molar-refractivity contribution < 1.29 is 4.42 Å². The first kappa shape index (κ1) is 28.6. The van der Waals surface area contributed by atoms with Crippen molar-refractivity contribution in [2.75, 3.05) is 0 Å². The Bertz CT molecular complexity index is 2870. The highest BCUT2D eigenvalue weighted by Gasteiger charge is 2.18. The van der Waals surface area contributed by atoms with Gasteiger partial charge in [-0.15, -0.1) is 11.3 Å². The maximum absolute atomic E-state index is 6.44. The summed E-state index contributed by atoms with van der Waals surface area (Å²) in [5, 5.41) is 4.61. The van der Waals surface area contributed by atoms with Gasteiger partial charge in [0.15, 0.2) is 17.5 Å². The van der Waals surface area contributed by atoms with Crippen LogP contribution in [0.2, 0.25) is 0 Å². The van der Waals surface area contributed by atoms with Gasteiger partial charge in [-0.25, -0.2) is 15.0 Å². The lowest BCUT2D eigenvalue weighted by atomic mass is 9.99. The predicted octanol–water partition coefficient (Wildman–Crippen LogP) is 12.5. The normalized spacial score (nSPS) is 11.6. The van der Waals surface area contributed by atoms with E-state index < -0.39 is 0 Å². The van der Waals surface area contributed by atoms with Crippen LogP contribution < -0.4 is 0 Å². The smallest absolute Gasteiger partial charge is 0.167 e. The van der Waals surface area contributed by atoms with Gasteiger partial charge >= 0.3 is 0 Å². The fourth-order valence-corrected chi connectivity index (χ4v) is 8.01. The second kappa shape index (κ2) is 11.6. The molecule has 7 aromatic carbocycles. The van der Waals surface area contributed by atoms with Crippen LogP contribution in [0.3, 0.4) is 0 Å². The van der Waals surface area contributed by atoms with E-state index in [0.29, 0.717) is 17.5 Å². The Morgan fingerprint density at radius 3 is 1.76 bits per heavy atom. The van der Waals surface area contributed by atoms with Gasteiger partial charge in [0, 0.05) is 42.1 Å². The number of fused-ring (bicyclic) bond motifs is 6. The number of aromatic nitrogens is 3. The van der Waals surface area contributed by atoms with Gasteiger partial charge in [-0.1, -0.05) is 133 Å². The molecule has 0 spiro atoms. The van der Waals surface area contributed by atoms with E-state index in [4.69, 9.17) is 19.4 Å². The molecule has 0 amide bonds. The van der Waals surface area contributed by atoms with Crippen molar-refractivity contribution >= 4 is 53.4 Å². The summed E-state index contributed by atoms with van der Waals surface area (Å²) in [7, 11) is 0. The highest BCUT2D eigenvalue weighted by Crippen LogP contribution is 2.38. The average molecular weight is 658 g/mol. The molecule has 0 aliphatic heterocycles. The van der Waals surface area contributed by atoms with Crippen LogP contribution >= 0.6 is 11.3 Å². The van der Waals surface area contributed by atoms with E-state index in [1.807, 2.05) is 36.4 Å².